The van der Waals surface area contributed by atoms with E-state index in [4.69, 9.17) is 5.73 Å². The summed E-state index contributed by atoms with van der Waals surface area (Å²) in [5.41, 5.74) is 7.92. The first-order valence-electron chi connectivity index (χ1n) is 5.26. The first kappa shape index (κ1) is 14.5. The van der Waals surface area contributed by atoms with Crippen LogP contribution < -0.4 is 10.5 Å². The molecule has 0 aliphatic carbocycles. The molecule has 0 aliphatic rings. The van der Waals surface area contributed by atoms with Gasteiger partial charge in [-0.2, -0.15) is 0 Å². The molecule has 0 bridgehead atoms. The summed E-state index contributed by atoms with van der Waals surface area (Å²) in [6.45, 7) is 5.52. The Bertz CT molecular complexity index is 491. The van der Waals surface area contributed by atoms with E-state index in [1.165, 1.54) is 0 Å². The van der Waals surface area contributed by atoms with Crippen molar-refractivity contribution in [2.24, 2.45) is 5.73 Å². The first-order chi connectivity index (χ1) is 7.77. The van der Waals surface area contributed by atoms with Crippen LogP contribution in [0.5, 0.6) is 0 Å². The summed E-state index contributed by atoms with van der Waals surface area (Å²) in [5.74, 6) is 0. The summed E-state index contributed by atoms with van der Waals surface area (Å²) in [4.78, 5) is 0. The molecule has 0 fully saturated rings. The minimum absolute atomic E-state index is 0.101. The summed E-state index contributed by atoms with van der Waals surface area (Å²) in [6, 6.07) is 3.58. The van der Waals surface area contributed by atoms with Crippen LogP contribution in [0.2, 0.25) is 0 Å². The van der Waals surface area contributed by atoms with Crippen molar-refractivity contribution in [1.29, 1.82) is 0 Å². The maximum Gasteiger partial charge on any atom is 0.236 e. The van der Waals surface area contributed by atoms with Gasteiger partial charge in [-0.25, -0.2) is 8.42 Å². The molecule has 1 atom stereocenters. The topological polar surface area (TPSA) is 72.2 Å². The highest BCUT2D eigenvalue weighted by Crippen LogP contribution is 2.25. The smallest absolute Gasteiger partial charge is 0.236 e. The van der Waals surface area contributed by atoms with Crippen molar-refractivity contribution >= 4 is 31.6 Å². The number of hydrogen-bond acceptors (Lipinski definition) is 3. The van der Waals surface area contributed by atoms with Crippen molar-refractivity contribution in [3.05, 3.63) is 27.7 Å². The van der Waals surface area contributed by atoms with Crippen molar-refractivity contribution < 1.29 is 8.42 Å². The fourth-order valence-electron chi connectivity index (χ4n) is 1.40. The summed E-state index contributed by atoms with van der Waals surface area (Å²) in [7, 11) is -3.40. The number of halogens is 1. The maximum absolute atomic E-state index is 11.8. The van der Waals surface area contributed by atoms with Crippen LogP contribution in [0, 0.1) is 13.8 Å². The Hall–Kier alpha value is -0.590. The molecule has 1 unspecified atom stereocenters. The Kier molecular flexibility index (Phi) is 4.57. The molecule has 0 amide bonds. The van der Waals surface area contributed by atoms with Crippen LogP contribution in [0.15, 0.2) is 16.6 Å². The number of hydrogen-bond donors (Lipinski definition) is 2. The lowest BCUT2D eigenvalue weighted by atomic mass is 10.1. The number of nitrogens with two attached hydrogens (primary N) is 1. The lowest BCUT2D eigenvalue weighted by molar-refractivity contribution is 0.589. The molecule has 0 spiro atoms. The van der Waals surface area contributed by atoms with Crippen molar-refractivity contribution in [2.45, 2.75) is 26.0 Å². The van der Waals surface area contributed by atoms with Crippen LogP contribution >= 0.6 is 15.9 Å². The third kappa shape index (κ3) is 3.43. The Labute approximate surface area is 111 Å². The zero-order chi connectivity index (χ0) is 13.2. The number of rotatable bonds is 4. The van der Waals surface area contributed by atoms with E-state index in [9.17, 15) is 8.42 Å². The average Bonchev–Trinajstić information content (AvgIpc) is 2.24. The minimum atomic E-state index is -3.40. The van der Waals surface area contributed by atoms with Gasteiger partial charge in [0, 0.05) is 16.7 Å². The molecule has 1 aromatic carbocycles. The Morgan fingerprint density at radius 1 is 1.35 bits per heavy atom. The van der Waals surface area contributed by atoms with Gasteiger partial charge in [-0.15, -0.1) is 0 Å². The van der Waals surface area contributed by atoms with Gasteiger partial charge < -0.3 is 5.73 Å². The second kappa shape index (κ2) is 5.37. The molecule has 0 saturated carbocycles. The van der Waals surface area contributed by atoms with Crippen molar-refractivity contribution in [1.82, 2.24) is 0 Å². The molecule has 17 heavy (non-hydrogen) atoms. The van der Waals surface area contributed by atoms with Gasteiger partial charge in [0.1, 0.15) is 0 Å². The van der Waals surface area contributed by atoms with E-state index in [-0.39, 0.29) is 6.54 Å². The highest BCUT2D eigenvalue weighted by molar-refractivity contribution is 9.10. The van der Waals surface area contributed by atoms with Crippen molar-refractivity contribution in [2.75, 3.05) is 11.3 Å². The van der Waals surface area contributed by atoms with E-state index in [1.807, 2.05) is 13.8 Å². The van der Waals surface area contributed by atoms with Gasteiger partial charge in [0.25, 0.3) is 0 Å². The molecule has 3 N–H and O–H groups in total. The lowest BCUT2D eigenvalue weighted by Gasteiger charge is -2.14. The van der Waals surface area contributed by atoms with Crippen molar-refractivity contribution in [3.8, 4) is 0 Å². The second-order valence-corrected chi connectivity index (χ2v) is 7.01. The van der Waals surface area contributed by atoms with Gasteiger partial charge in [-0.3, -0.25) is 4.72 Å². The Morgan fingerprint density at radius 2 is 1.82 bits per heavy atom. The minimum Gasteiger partial charge on any atom is -0.329 e. The fourth-order valence-corrected chi connectivity index (χ4v) is 2.53. The highest BCUT2D eigenvalue weighted by Gasteiger charge is 2.19. The van der Waals surface area contributed by atoms with Crippen LogP contribution in [0.1, 0.15) is 18.1 Å². The Morgan fingerprint density at radius 3 is 2.24 bits per heavy atom. The van der Waals surface area contributed by atoms with Crippen LogP contribution in [0.25, 0.3) is 0 Å². The molecule has 96 valence electrons. The van der Waals surface area contributed by atoms with Crippen LogP contribution in [0.4, 0.5) is 5.69 Å². The summed E-state index contributed by atoms with van der Waals surface area (Å²) in [5, 5.41) is -0.605. The molecule has 1 rings (SSSR count). The molecule has 0 radical (unpaired) electrons. The van der Waals surface area contributed by atoms with E-state index >= 15 is 0 Å². The van der Waals surface area contributed by atoms with E-state index in [2.05, 4.69) is 20.7 Å². The molecule has 1 aromatic rings. The largest absolute Gasteiger partial charge is 0.329 e. The first-order valence-corrected chi connectivity index (χ1v) is 7.60. The summed E-state index contributed by atoms with van der Waals surface area (Å²) >= 11 is 3.44. The normalized spacial score (nSPS) is 13.5. The standard InChI is InChI=1S/C11H17BrN2O2S/c1-7-4-10(5-8(2)11(7)12)14-17(15,16)9(3)6-13/h4-5,9,14H,6,13H2,1-3H3. The molecule has 4 nitrogen and oxygen atoms in total. The maximum atomic E-state index is 11.8. The van der Waals surface area contributed by atoms with Gasteiger partial charge >= 0.3 is 0 Å². The molecule has 0 aromatic heterocycles. The predicted octanol–water partition coefficient (Wildman–Crippen LogP) is 2.15. The highest BCUT2D eigenvalue weighted by atomic mass is 79.9. The average molecular weight is 321 g/mol. The van der Waals surface area contributed by atoms with Gasteiger partial charge in [-0.1, -0.05) is 15.9 Å². The monoisotopic (exact) mass is 320 g/mol. The van der Waals surface area contributed by atoms with E-state index < -0.39 is 15.3 Å². The molecule has 6 heteroatoms. The predicted molar refractivity (Wildman–Crippen MR) is 74.7 cm³/mol. The number of anilines is 1. The van der Waals surface area contributed by atoms with Gasteiger partial charge in [0.05, 0.1) is 5.25 Å². The molecule has 0 heterocycles. The molecule has 0 aliphatic heterocycles. The molecular formula is C11H17BrN2O2S. The fraction of sp³-hybridized carbons (Fsp3) is 0.455. The van der Waals surface area contributed by atoms with Crippen LogP contribution in [-0.2, 0) is 10.0 Å². The van der Waals surface area contributed by atoms with Crippen LogP contribution in [-0.4, -0.2) is 20.2 Å². The number of sulfonamides is 1. The number of benzene rings is 1. The molecule has 0 saturated heterocycles. The Balaban J connectivity index is 3.05. The van der Waals surface area contributed by atoms with Gasteiger partial charge in [0.2, 0.25) is 10.0 Å². The van der Waals surface area contributed by atoms with E-state index in [0.29, 0.717) is 5.69 Å². The quantitative estimate of drug-likeness (QED) is 0.892. The summed E-state index contributed by atoms with van der Waals surface area (Å²) in [6.07, 6.45) is 0. The SMILES string of the molecule is Cc1cc(NS(=O)(=O)C(C)CN)cc(C)c1Br. The third-order valence-electron chi connectivity index (χ3n) is 2.56. The van der Waals surface area contributed by atoms with E-state index in [0.717, 1.165) is 15.6 Å². The number of aryl methyl sites for hydroxylation is 2. The van der Waals surface area contributed by atoms with Gasteiger partial charge in [0.15, 0.2) is 0 Å². The zero-order valence-electron chi connectivity index (χ0n) is 10.1. The van der Waals surface area contributed by atoms with Crippen molar-refractivity contribution in [3.63, 3.8) is 0 Å². The third-order valence-corrected chi connectivity index (χ3v) is 5.58. The summed E-state index contributed by atoms with van der Waals surface area (Å²) < 4.78 is 27.2. The van der Waals surface area contributed by atoms with E-state index in [1.54, 1.807) is 19.1 Å². The second-order valence-electron chi connectivity index (χ2n) is 4.12. The molecular weight excluding hydrogens is 304 g/mol. The zero-order valence-corrected chi connectivity index (χ0v) is 12.5. The van der Waals surface area contributed by atoms with Crippen LogP contribution in [0.3, 0.4) is 0 Å². The number of nitrogens with one attached hydrogen (secondary N) is 1. The van der Waals surface area contributed by atoms with Gasteiger partial charge in [-0.05, 0) is 44.0 Å². The lowest BCUT2D eigenvalue weighted by Crippen LogP contribution is -2.31.